The molecule has 0 spiro atoms. The second-order valence-electron chi connectivity index (χ2n) is 3.56. The summed E-state index contributed by atoms with van der Waals surface area (Å²) in [7, 11) is 0. The summed E-state index contributed by atoms with van der Waals surface area (Å²) in [6.45, 7) is 3.14. The van der Waals surface area contributed by atoms with Gasteiger partial charge in [0.25, 0.3) is 0 Å². The normalized spacial score (nSPS) is 28.5. The number of rotatable bonds is 2. The van der Waals surface area contributed by atoms with Gasteiger partial charge in [0.05, 0.1) is 18.8 Å². The van der Waals surface area contributed by atoms with Crippen molar-refractivity contribution in [2.75, 3.05) is 13.1 Å². The second-order valence-corrected chi connectivity index (χ2v) is 3.56. The molecule has 1 aliphatic rings. The van der Waals surface area contributed by atoms with Gasteiger partial charge >= 0.3 is 0 Å². The van der Waals surface area contributed by atoms with Crippen molar-refractivity contribution in [1.82, 2.24) is 15.0 Å². The number of hydrogen-bond acceptors (Lipinski definition) is 6. The molecule has 14 heavy (non-hydrogen) atoms. The summed E-state index contributed by atoms with van der Waals surface area (Å²) >= 11 is 0. The molecule has 0 radical (unpaired) electrons. The first-order chi connectivity index (χ1) is 6.65. The average molecular weight is 199 g/mol. The van der Waals surface area contributed by atoms with Gasteiger partial charge < -0.3 is 14.7 Å². The number of nitrogens with zero attached hydrogens (tertiary/aromatic N) is 3. The molecule has 1 aliphatic heterocycles. The highest BCUT2D eigenvalue weighted by molar-refractivity contribution is 4.89. The van der Waals surface area contributed by atoms with Crippen LogP contribution in [0.15, 0.2) is 4.52 Å². The Balaban J connectivity index is 1.93. The lowest BCUT2D eigenvalue weighted by molar-refractivity contribution is 0.0572. The van der Waals surface area contributed by atoms with Crippen molar-refractivity contribution >= 4 is 0 Å². The predicted octanol–water partition coefficient (Wildman–Crippen LogP) is -1.08. The molecule has 1 aromatic rings. The fourth-order valence-corrected chi connectivity index (χ4v) is 1.58. The van der Waals surface area contributed by atoms with Crippen LogP contribution < -0.4 is 0 Å². The van der Waals surface area contributed by atoms with Crippen molar-refractivity contribution in [3.8, 4) is 0 Å². The van der Waals surface area contributed by atoms with Crippen LogP contribution in [0.4, 0.5) is 0 Å². The molecule has 0 aromatic carbocycles. The monoisotopic (exact) mass is 199 g/mol. The minimum absolute atomic E-state index is 0.453. The maximum atomic E-state index is 9.30. The average Bonchev–Trinajstić information content (AvgIpc) is 2.62. The molecule has 1 fully saturated rings. The molecule has 1 aromatic heterocycles. The summed E-state index contributed by atoms with van der Waals surface area (Å²) < 4.78 is 4.82. The van der Waals surface area contributed by atoms with Crippen LogP contribution in [0.3, 0.4) is 0 Å². The van der Waals surface area contributed by atoms with Crippen molar-refractivity contribution < 1.29 is 14.7 Å². The Morgan fingerprint density at radius 3 is 2.57 bits per heavy atom. The van der Waals surface area contributed by atoms with Crippen molar-refractivity contribution in [3.63, 3.8) is 0 Å². The lowest BCUT2D eigenvalue weighted by Gasteiger charge is -2.10. The lowest BCUT2D eigenvalue weighted by Crippen LogP contribution is -2.22. The summed E-state index contributed by atoms with van der Waals surface area (Å²) in [5.41, 5.74) is 0. The van der Waals surface area contributed by atoms with Crippen LogP contribution >= 0.6 is 0 Å². The Morgan fingerprint density at radius 2 is 2.07 bits per heavy atom. The van der Waals surface area contributed by atoms with Gasteiger partial charge in [0, 0.05) is 20.0 Å². The van der Waals surface area contributed by atoms with E-state index in [0.29, 0.717) is 31.3 Å². The smallest absolute Gasteiger partial charge is 0.223 e. The van der Waals surface area contributed by atoms with E-state index in [1.807, 2.05) is 4.90 Å². The fraction of sp³-hybridized carbons (Fsp3) is 0.750. The van der Waals surface area contributed by atoms with Crippen LogP contribution in [0.2, 0.25) is 0 Å². The van der Waals surface area contributed by atoms with E-state index >= 15 is 0 Å². The number of aromatic nitrogens is 2. The Hall–Kier alpha value is -0.980. The van der Waals surface area contributed by atoms with Crippen molar-refractivity contribution in [2.24, 2.45) is 0 Å². The fourth-order valence-electron chi connectivity index (χ4n) is 1.58. The maximum Gasteiger partial charge on any atom is 0.223 e. The molecule has 78 valence electrons. The Morgan fingerprint density at radius 1 is 1.43 bits per heavy atom. The van der Waals surface area contributed by atoms with E-state index in [4.69, 9.17) is 4.52 Å². The van der Waals surface area contributed by atoms with Crippen LogP contribution in [-0.4, -0.2) is 50.6 Å². The van der Waals surface area contributed by atoms with Gasteiger partial charge in [-0.25, -0.2) is 0 Å². The highest BCUT2D eigenvalue weighted by Crippen LogP contribution is 2.12. The molecule has 0 saturated carbocycles. The maximum absolute atomic E-state index is 9.30. The quantitative estimate of drug-likeness (QED) is 0.630. The van der Waals surface area contributed by atoms with E-state index in [2.05, 4.69) is 10.1 Å². The van der Waals surface area contributed by atoms with E-state index in [0.717, 1.165) is 0 Å². The number of aryl methyl sites for hydroxylation is 1. The first-order valence-corrected chi connectivity index (χ1v) is 4.53. The Bertz CT molecular complexity index is 305. The molecule has 2 heterocycles. The van der Waals surface area contributed by atoms with Gasteiger partial charge in [0.15, 0.2) is 5.82 Å². The standard InChI is InChI=1S/C8H13N3O3/c1-5-9-8(10-14-5)4-11-2-6(12)7(13)3-11/h6-7,12-13H,2-4H2,1H3. The zero-order valence-electron chi connectivity index (χ0n) is 7.92. The number of aliphatic hydroxyl groups excluding tert-OH is 2. The van der Waals surface area contributed by atoms with Crippen LogP contribution in [-0.2, 0) is 6.54 Å². The molecule has 1 saturated heterocycles. The topological polar surface area (TPSA) is 82.6 Å². The SMILES string of the molecule is Cc1nc(CN2CC(O)C(O)C2)no1. The summed E-state index contributed by atoms with van der Waals surface area (Å²) in [5, 5.41) is 22.3. The van der Waals surface area contributed by atoms with Crippen LogP contribution in [0, 0.1) is 6.92 Å². The third kappa shape index (κ3) is 1.92. The first kappa shape index (κ1) is 9.57. The summed E-state index contributed by atoms with van der Waals surface area (Å²) in [6, 6.07) is 0. The molecule has 2 atom stereocenters. The molecule has 2 unspecified atom stereocenters. The van der Waals surface area contributed by atoms with Crippen LogP contribution in [0.25, 0.3) is 0 Å². The molecule has 2 N–H and O–H groups in total. The molecule has 2 rings (SSSR count). The Labute approximate surface area is 81.1 Å². The molecule has 0 bridgehead atoms. The summed E-state index contributed by atoms with van der Waals surface area (Å²) in [6.07, 6.45) is -1.33. The third-order valence-electron chi connectivity index (χ3n) is 2.27. The molecular weight excluding hydrogens is 186 g/mol. The van der Waals surface area contributed by atoms with Gasteiger partial charge in [0.1, 0.15) is 0 Å². The molecule has 0 aliphatic carbocycles. The van der Waals surface area contributed by atoms with Gasteiger partial charge in [0.2, 0.25) is 5.89 Å². The van der Waals surface area contributed by atoms with Gasteiger partial charge in [-0.3, -0.25) is 4.90 Å². The largest absolute Gasteiger partial charge is 0.389 e. The van der Waals surface area contributed by atoms with Crippen molar-refractivity contribution in [3.05, 3.63) is 11.7 Å². The van der Waals surface area contributed by atoms with Gasteiger partial charge in [-0.1, -0.05) is 5.16 Å². The predicted molar refractivity (Wildman–Crippen MR) is 46.3 cm³/mol. The van der Waals surface area contributed by atoms with Gasteiger partial charge in [-0.15, -0.1) is 0 Å². The molecule has 0 amide bonds. The van der Waals surface area contributed by atoms with Crippen molar-refractivity contribution in [2.45, 2.75) is 25.7 Å². The van der Waals surface area contributed by atoms with Crippen molar-refractivity contribution in [1.29, 1.82) is 0 Å². The number of β-amino-alcohol motifs (C(OH)–C–C–N with tert-alkyl or cyclic N) is 2. The van der Waals surface area contributed by atoms with Gasteiger partial charge in [-0.05, 0) is 0 Å². The highest BCUT2D eigenvalue weighted by atomic mass is 16.5. The number of hydrogen-bond donors (Lipinski definition) is 2. The molecule has 6 nitrogen and oxygen atoms in total. The summed E-state index contributed by atoms with van der Waals surface area (Å²) in [4.78, 5) is 5.93. The lowest BCUT2D eigenvalue weighted by atomic mass is 10.3. The van der Waals surface area contributed by atoms with E-state index in [1.165, 1.54) is 0 Å². The van der Waals surface area contributed by atoms with Gasteiger partial charge in [-0.2, -0.15) is 4.98 Å². The van der Waals surface area contributed by atoms with E-state index < -0.39 is 12.2 Å². The van der Waals surface area contributed by atoms with Crippen LogP contribution in [0.1, 0.15) is 11.7 Å². The number of likely N-dealkylation sites (tertiary alicyclic amines) is 1. The minimum Gasteiger partial charge on any atom is -0.389 e. The summed E-state index contributed by atoms with van der Waals surface area (Å²) in [5.74, 6) is 1.11. The third-order valence-corrected chi connectivity index (χ3v) is 2.27. The first-order valence-electron chi connectivity index (χ1n) is 4.53. The molecule has 6 heteroatoms. The molecular formula is C8H13N3O3. The zero-order valence-corrected chi connectivity index (χ0v) is 7.92. The minimum atomic E-state index is -0.664. The van der Waals surface area contributed by atoms with E-state index in [1.54, 1.807) is 6.92 Å². The highest BCUT2D eigenvalue weighted by Gasteiger charge is 2.30. The van der Waals surface area contributed by atoms with Crippen LogP contribution in [0.5, 0.6) is 0 Å². The number of aliphatic hydroxyl groups is 2. The Kier molecular flexibility index (Phi) is 2.49. The van der Waals surface area contributed by atoms with E-state index in [-0.39, 0.29) is 0 Å². The second kappa shape index (κ2) is 3.64. The van der Waals surface area contributed by atoms with E-state index in [9.17, 15) is 10.2 Å². The zero-order chi connectivity index (χ0) is 10.1.